The van der Waals surface area contributed by atoms with E-state index in [9.17, 15) is 4.79 Å². The van der Waals surface area contributed by atoms with Crippen LogP contribution in [0.25, 0.3) is 0 Å². The Morgan fingerprint density at radius 3 is 2.77 bits per heavy atom. The van der Waals surface area contributed by atoms with Gasteiger partial charge in [-0.1, -0.05) is 42.5 Å². The van der Waals surface area contributed by atoms with Crippen molar-refractivity contribution in [3.05, 3.63) is 65.2 Å². The van der Waals surface area contributed by atoms with Gasteiger partial charge in [-0.2, -0.15) is 0 Å². The van der Waals surface area contributed by atoms with Crippen LogP contribution in [-0.2, 0) is 17.8 Å². The van der Waals surface area contributed by atoms with Crippen LogP contribution >= 0.6 is 0 Å². The number of aryl methyl sites for hydroxylation is 1. The molecule has 3 heteroatoms. The van der Waals surface area contributed by atoms with Crippen LogP contribution in [-0.4, -0.2) is 13.0 Å². The minimum atomic E-state index is -0.0346. The van der Waals surface area contributed by atoms with Crippen LogP contribution in [0.3, 0.4) is 0 Å². The molecule has 22 heavy (non-hydrogen) atoms. The third-order valence-corrected chi connectivity index (χ3v) is 4.33. The van der Waals surface area contributed by atoms with Gasteiger partial charge in [0.2, 0.25) is 5.91 Å². The molecule has 0 saturated heterocycles. The first-order chi connectivity index (χ1) is 10.8. The maximum absolute atomic E-state index is 12.8. The Morgan fingerprint density at radius 1 is 1.14 bits per heavy atom. The fraction of sp³-hybridized carbons (Fsp3) is 0.316. The molecule has 1 aliphatic rings. The van der Waals surface area contributed by atoms with E-state index in [1.807, 2.05) is 37.4 Å². The molecular weight excluding hydrogens is 272 g/mol. The number of rotatable bonds is 4. The van der Waals surface area contributed by atoms with Crippen LogP contribution in [0, 0.1) is 0 Å². The van der Waals surface area contributed by atoms with Gasteiger partial charge in [-0.05, 0) is 49.1 Å². The lowest BCUT2D eigenvalue weighted by atomic mass is 9.82. The van der Waals surface area contributed by atoms with E-state index in [2.05, 4.69) is 28.8 Å². The van der Waals surface area contributed by atoms with Gasteiger partial charge in [-0.15, -0.1) is 0 Å². The number of benzene rings is 2. The second-order valence-electron chi connectivity index (χ2n) is 5.82. The molecule has 0 saturated carbocycles. The maximum Gasteiger partial charge on any atom is 0.231 e. The van der Waals surface area contributed by atoms with E-state index in [4.69, 9.17) is 0 Å². The summed E-state index contributed by atoms with van der Waals surface area (Å²) in [5.74, 6) is 0.0725. The van der Waals surface area contributed by atoms with E-state index in [-0.39, 0.29) is 11.8 Å². The van der Waals surface area contributed by atoms with Crippen molar-refractivity contribution in [2.45, 2.75) is 31.7 Å². The average Bonchev–Trinajstić information content (AvgIpc) is 2.56. The van der Waals surface area contributed by atoms with E-state index >= 15 is 0 Å². The molecule has 1 unspecified atom stereocenters. The summed E-state index contributed by atoms with van der Waals surface area (Å²) in [5, 5.41) is 6.27. The Balaban J connectivity index is 1.81. The Hall–Kier alpha value is -2.13. The van der Waals surface area contributed by atoms with E-state index in [0.29, 0.717) is 0 Å². The number of carbonyl (C=O) groups excluding carboxylic acids is 1. The van der Waals surface area contributed by atoms with E-state index in [1.165, 1.54) is 11.1 Å². The van der Waals surface area contributed by atoms with Crippen LogP contribution < -0.4 is 10.6 Å². The normalized spacial score (nSPS) is 16.9. The fourth-order valence-electron chi connectivity index (χ4n) is 3.23. The first kappa shape index (κ1) is 14.8. The topological polar surface area (TPSA) is 41.1 Å². The molecule has 1 amide bonds. The molecule has 2 aromatic carbocycles. The number of carbonyl (C=O) groups is 1. The Bertz CT molecular complexity index is 666. The van der Waals surface area contributed by atoms with Crippen molar-refractivity contribution >= 4 is 11.6 Å². The largest absolute Gasteiger partial charge is 0.325 e. The van der Waals surface area contributed by atoms with Crippen molar-refractivity contribution in [3.63, 3.8) is 0 Å². The lowest BCUT2D eigenvalue weighted by molar-refractivity contribution is -0.117. The quantitative estimate of drug-likeness (QED) is 0.906. The van der Waals surface area contributed by atoms with Crippen molar-refractivity contribution in [3.8, 4) is 0 Å². The number of hydrogen-bond acceptors (Lipinski definition) is 2. The standard InChI is InChI=1S/C19H22N2O/c1-20-13-15-8-3-5-12-18(15)21-19(22)17-11-6-9-14-7-2-4-10-16(14)17/h2-5,7-8,10,12,17,20H,6,9,11,13H2,1H3,(H,21,22). The third kappa shape index (κ3) is 3.04. The van der Waals surface area contributed by atoms with Gasteiger partial charge in [0.25, 0.3) is 0 Å². The van der Waals surface area contributed by atoms with Crippen LogP contribution in [0.2, 0.25) is 0 Å². The minimum absolute atomic E-state index is 0.0346. The Morgan fingerprint density at radius 2 is 1.91 bits per heavy atom. The zero-order valence-electron chi connectivity index (χ0n) is 12.9. The Labute approximate surface area is 131 Å². The number of hydrogen-bond donors (Lipinski definition) is 2. The molecule has 0 heterocycles. The van der Waals surface area contributed by atoms with Crippen molar-refractivity contribution in [1.29, 1.82) is 0 Å². The lowest BCUT2D eigenvalue weighted by Crippen LogP contribution is -2.25. The lowest BCUT2D eigenvalue weighted by Gasteiger charge is -2.25. The smallest absolute Gasteiger partial charge is 0.231 e. The van der Waals surface area contributed by atoms with E-state index in [0.717, 1.165) is 37.1 Å². The molecule has 1 aliphatic carbocycles. The van der Waals surface area contributed by atoms with Crippen LogP contribution in [0.15, 0.2) is 48.5 Å². The summed E-state index contributed by atoms with van der Waals surface area (Å²) >= 11 is 0. The molecule has 0 spiro atoms. The summed E-state index contributed by atoms with van der Waals surface area (Å²) in [6.45, 7) is 0.748. The summed E-state index contributed by atoms with van der Waals surface area (Å²) in [7, 11) is 1.91. The highest BCUT2D eigenvalue weighted by atomic mass is 16.1. The highest BCUT2D eigenvalue weighted by Gasteiger charge is 2.26. The molecule has 0 bridgehead atoms. The van der Waals surface area contributed by atoms with Gasteiger partial charge in [-0.3, -0.25) is 4.79 Å². The van der Waals surface area contributed by atoms with Crippen molar-refractivity contribution in [1.82, 2.24) is 5.32 Å². The second kappa shape index (κ2) is 6.75. The number of para-hydroxylation sites is 1. The number of fused-ring (bicyclic) bond motifs is 1. The molecule has 114 valence electrons. The highest BCUT2D eigenvalue weighted by Crippen LogP contribution is 2.32. The van der Waals surface area contributed by atoms with Gasteiger partial charge in [0.1, 0.15) is 0 Å². The Kier molecular flexibility index (Phi) is 4.54. The van der Waals surface area contributed by atoms with Crippen molar-refractivity contribution < 1.29 is 4.79 Å². The molecule has 0 radical (unpaired) electrons. The summed E-state index contributed by atoms with van der Waals surface area (Å²) in [4.78, 5) is 12.8. The third-order valence-electron chi connectivity index (χ3n) is 4.33. The monoisotopic (exact) mass is 294 g/mol. The van der Waals surface area contributed by atoms with Crippen LogP contribution in [0.1, 0.15) is 35.4 Å². The van der Waals surface area contributed by atoms with E-state index in [1.54, 1.807) is 0 Å². The van der Waals surface area contributed by atoms with Gasteiger partial charge in [0, 0.05) is 12.2 Å². The zero-order chi connectivity index (χ0) is 15.4. The molecule has 0 aliphatic heterocycles. The maximum atomic E-state index is 12.8. The molecule has 2 N–H and O–H groups in total. The van der Waals surface area contributed by atoms with Gasteiger partial charge in [-0.25, -0.2) is 0 Å². The van der Waals surface area contributed by atoms with Gasteiger partial charge in [0.15, 0.2) is 0 Å². The minimum Gasteiger partial charge on any atom is -0.325 e. The molecule has 2 aromatic rings. The number of anilines is 1. The summed E-state index contributed by atoms with van der Waals surface area (Å²) in [5.41, 5.74) is 4.53. The summed E-state index contributed by atoms with van der Waals surface area (Å²) < 4.78 is 0. The molecule has 1 atom stereocenters. The predicted octanol–water partition coefficient (Wildman–Crippen LogP) is 3.46. The number of nitrogens with one attached hydrogen (secondary N) is 2. The summed E-state index contributed by atoms with van der Waals surface area (Å²) in [6.07, 6.45) is 3.08. The molecule has 3 nitrogen and oxygen atoms in total. The van der Waals surface area contributed by atoms with Crippen LogP contribution in [0.5, 0.6) is 0 Å². The van der Waals surface area contributed by atoms with Crippen LogP contribution in [0.4, 0.5) is 5.69 Å². The first-order valence-corrected chi connectivity index (χ1v) is 7.91. The zero-order valence-corrected chi connectivity index (χ0v) is 12.9. The molecular formula is C19H22N2O. The number of amides is 1. The molecule has 3 rings (SSSR count). The molecule has 0 fully saturated rings. The van der Waals surface area contributed by atoms with Crippen molar-refractivity contribution in [2.75, 3.05) is 12.4 Å². The SMILES string of the molecule is CNCc1ccccc1NC(=O)C1CCCc2ccccc21. The van der Waals surface area contributed by atoms with Gasteiger partial charge in [0.05, 0.1) is 5.92 Å². The average molecular weight is 294 g/mol. The summed E-state index contributed by atoms with van der Waals surface area (Å²) in [6, 6.07) is 16.3. The second-order valence-corrected chi connectivity index (χ2v) is 5.82. The van der Waals surface area contributed by atoms with Gasteiger partial charge >= 0.3 is 0 Å². The molecule has 0 aromatic heterocycles. The first-order valence-electron chi connectivity index (χ1n) is 7.91. The van der Waals surface area contributed by atoms with E-state index < -0.39 is 0 Å². The highest BCUT2D eigenvalue weighted by molar-refractivity contribution is 5.96. The van der Waals surface area contributed by atoms with Gasteiger partial charge < -0.3 is 10.6 Å². The predicted molar refractivity (Wildman–Crippen MR) is 90.0 cm³/mol. The van der Waals surface area contributed by atoms with Crippen molar-refractivity contribution in [2.24, 2.45) is 0 Å². The fourth-order valence-corrected chi connectivity index (χ4v) is 3.23.